The van der Waals surface area contributed by atoms with Crippen LogP contribution in [0.4, 0.5) is 5.69 Å². The molecule has 0 aliphatic carbocycles. The number of hydrogen-bond acceptors (Lipinski definition) is 6. The molecule has 0 aliphatic heterocycles. The summed E-state index contributed by atoms with van der Waals surface area (Å²) in [4.78, 5) is 16.2. The van der Waals surface area contributed by atoms with Gasteiger partial charge in [-0.2, -0.15) is 10.4 Å². The molecule has 0 saturated carbocycles. The Labute approximate surface area is 162 Å². The number of pyridine rings is 1. The summed E-state index contributed by atoms with van der Waals surface area (Å²) in [6.07, 6.45) is 4.98. The summed E-state index contributed by atoms with van der Waals surface area (Å²) < 4.78 is 6.76. The molecule has 3 aromatic heterocycles. The highest BCUT2D eigenvalue weighted by Crippen LogP contribution is 2.31. The molecule has 3 aromatic rings. The van der Waals surface area contributed by atoms with Crippen molar-refractivity contribution < 1.29 is 9.53 Å². The van der Waals surface area contributed by atoms with Gasteiger partial charge in [-0.05, 0) is 32.9 Å². The third-order valence-corrected chi connectivity index (χ3v) is 4.91. The first kappa shape index (κ1) is 19.2. The Kier molecular flexibility index (Phi) is 4.92. The summed E-state index contributed by atoms with van der Waals surface area (Å²) in [7, 11) is 1.56. The molecule has 144 valence electrons. The number of hydrogen-bond donors (Lipinski definition) is 2. The number of nitriles is 1. The van der Waals surface area contributed by atoms with Gasteiger partial charge in [-0.1, -0.05) is 0 Å². The van der Waals surface area contributed by atoms with E-state index in [-0.39, 0.29) is 11.6 Å². The number of nitrogens with one attached hydrogen (secondary N) is 1. The van der Waals surface area contributed by atoms with Gasteiger partial charge in [0.1, 0.15) is 0 Å². The lowest BCUT2D eigenvalue weighted by Gasteiger charge is -2.27. The van der Waals surface area contributed by atoms with E-state index in [0.717, 1.165) is 11.1 Å². The standard InChI is InChI=1S/C20H22N6O2/c1-12(20(2,3)11-21)25-18-15(19(22)27)9-24-26-10-14(7-16(18)26)13-5-6-17(28-4)23-8-13/h5-10,12,25H,1-4H3,(H2,22,27)/t12-/m1/s1. The lowest BCUT2D eigenvalue weighted by molar-refractivity contribution is 0.100. The first-order valence-electron chi connectivity index (χ1n) is 8.76. The minimum absolute atomic E-state index is 0.234. The molecule has 1 atom stereocenters. The molecule has 0 saturated heterocycles. The Morgan fingerprint density at radius 2 is 2.11 bits per heavy atom. The van der Waals surface area contributed by atoms with E-state index in [9.17, 15) is 10.1 Å². The zero-order valence-electron chi connectivity index (χ0n) is 16.2. The smallest absolute Gasteiger partial charge is 0.252 e. The molecule has 0 fully saturated rings. The van der Waals surface area contributed by atoms with Gasteiger partial charge in [0.05, 0.1) is 41.6 Å². The van der Waals surface area contributed by atoms with Gasteiger partial charge in [0, 0.05) is 35.6 Å². The van der Waals surface area contributed by atoms with Crippen molar-refractivity contribution in [3.63, 3.8) is 0 Å². The molecule has 3 rings (SSSR count). The predicted molar refractivity (Wildman–Crippen MR) is 106 cm³/mol. The second kappa shape index (κ2) is 7.19. The van der Waals surface area contributed by atoms with Crippen LogP contribution in [-0.2, 0) is 0 Å². The van der Waals surface area contributed by atoms with Crippen LogP contribution >= 0.6 is 0 Å². The van der Waals surface area contributed by atoms with Crippen LogP contribution in [0.25, 0.3) is 16.6 Å². The van der Waals surface area contributed by atoms with Crippen LogP contribution in [0.3, 0.4) is 0 Å². The third-order valence-electron chi connectivity index (χ3n) is 4.91. The van der Waals surface area contributed by atoms with Crippen LogP contribution in [0.15, 0.2) is 36.8 Å². The van der Waals surface area contributed by atoms with E-state index in [1.807, 2.05) is 39.1 Å². The average molecular weight is 378 g/mol. The molecule has 8 heteroatoms. The van der Waals surface area contributed by atoms with E-state index in [2.05, 4.69) is 21.5 Å². The first-order valence-corrected chi connectivity index (χ1v) is 8.76. The number of ether oxygens (including phenoxy) is 1. The number of fused-ring (bicyclic) bond motifs is 1. The fourth-order valence-electron chi connectivity index (χ4n) is 2.72. The van der Waals surface area contributed by atoms with Crippen molar-refractivity contribution in [3.8, 4) is 23.1 Å². The van der Waals surface area contributed by atoms with Crippen molar-refractivity contribution in [2.45, 2.75) is 26.8 Å². The number of carbonyl (C=O) groups excluding carboxylic acids is 1. The van der Waals surface area contributed by atoms with E-state index in [1.54, 1.807) is 23.9 Å². The van der Waals surface area contributed by atoms with Crippen LogP contribution in [0.2, 0.25) is 0 Å². The molecule has 0 bridgehead atoms. The van der Waals surface area contributed by atoms with Gasteiger partial charge in [-0.3, -0.25) is 4.79 Å². The highest BCUT2D eigenvalue weighted by atomic mass is 16.5. The summed E-state index contributed by atoms with van der Waals surface area (Å²) >= 11 is 0. The van der Waals surface area contributed by atoms with Gasteiger partial charge >= 0.3 is 0 Å². The van der Waals surface area contributed by atoms with Crippen molar-refractivity contribution in [2.75, 3.05) is 12.4 Å². The van der Waals surface area contributed by atoms with Crippen molar-refractivity contribution in [1.29, 1.82) is 5.26 Å². The maximum atomic E-state index is 12.0. The number of anilines is 1. The molecule has 8 nitrogen and oxygen atoms in total. The normalized spacial score (nSPS) is 12.4. The van der Waals surface area contributed by atoms with E-state index in [4.69, 9.17) is 10.5 Å². The number of nitrogens with two attached hydrogens (primary N) is 1. The molecular formula is C20H22N6O2. The second-order valence-corrected chi connectivity index (χ2v) is 7.14. The summed E-state index contributed by atoms with van der Waals surface area (Å²) in [5.41, 5.74) is 8.16. The lowest BCUT2D eigenvalue weighted by Crippen LogP contribution is -2.33. The molecule has 0 radical (unpaired) electrons. The predicted octanol–water partition coefficient (Wildman–Crippen LogP) is 2.85. The maximum Gasteiger partial charge on any atom is 0.252 e. The van der Waals surface area contributed by atoms with Gasteiger partial charge in [0.2, 0.25) is 5.88 Å². The van der Waals surface area contributed by atoms with E-state index >= 15 is 0 Å². The Hall–Kier alpha value is -3.60. The monoisotopic (exact) mass is 378 g/mol. The van der Waals surface area contributed by atoms with Gasteiger partial charge in [0.25, 0.3) is 5.91 Å². The van der Waals surface area contributed by atoms with E-state index in [0.29, 0.717) is 17.1 Å². The molecular weight excluding hydrogens is 356 g/mol. The number of aromatic nitrogens is 3. The van der Waals surface area contributed by atoms with Gasteiger partial charge in [-0.25, -0.2) is 9.50 Å². The van der Waals surface area contributed by atoms with Crippen LogP contribution in [0.1, 0.15) is 31.1 Å². The SMILES string of the molecule is COc1ccc(-c2cc3c(N[C@H](C)C(C)(C)C#N)c(C(N)=O)cnn3c2)cn1. The van der Waals surface area contributed by atoms with E-state index in [1.165, 1.54) is 6.20 Å². The third kappa shape index (κ3) is 3.47. The zero-order chi connectivity index (χ0) is 20.5. The lowest BCUT2D eigenvalue weighted by atomic mass is 9.87. The van der Waals surface area contributed by atoms with Crippen LogP contribution in [0, 0.1) is 16.7 Å². The second-order valence-electron chi connectivity index (χ2n) is 7.14. The number of rotatable bonds is 6. The maximum absolute atomic E-state index is 12.0. The first-order chi connectivity index (χ1) is 13.3. The van der Waals surface area contributed by atoms with Crippen molar-refractivity contribution in [1.82, 2.24) is 14.6 Å². The van der Waals surface area contributed by atoms with Gasteiger partial charge in [0.15, 0.2) is 0 Å². The summed E-state index contributed by atoms with van der Waals surface area (Å²) in [6.45, 7) is 5.56. The quantitative estimate of drug-likeness (QED) is 0.681. The van der Waals surface area contributed by atoms with Crippen molar-refractivity contribution >= 4 is 17.1 Å². The Morgan fingerprint density at radius 1 is 1.36 bits per heavy atom. The number of nitrogens with zero attached hydrogens (tertiary/aromatic N) is 4. The largest absolute Gasteiger partial charge is 0.481 e. The Bertz CT molecular complexity index is 1060. The van der Waals surface area contributed by atoms with Crippen molar-refractivity contribution in [3.05, 3.63) is 42.4 Å². The molecule has 0 aliphatic rings. The Morgan fingerprint density at radius 3 is 2.68 bits per heavy atom. The highest BCUT2D eigenvalue weighted by molar-refractivity contribution is 6.02. The number of carbonyl (C=O) groups is 1. The number of primary amides is 1. The van der Waals surface area contributed by atoms with Crippen LogP contribution in [-0.4, -0.2) is 33.7 Å². The zero-order valence-corrected chi connectivity index (χ0v) is 16.2. The molecule has 3 heterocycles. The highest BCUT2D eigenvalue weighted by Gasteiger charge is 2.27. The molecule has 1 amide bonds. The molecule has 3 N–H and O–H groups in total. The topological polar surface area (TPSA) is 118 Å². The molecule has 0 spiro atoms. The molecule has 0 unspecified atom stereocenters. The molecule has 28 heavy (non-hydrogen) atoms. The van der Waals surface area contributed by atoms with Crippen LogP contribution < -0.4 is 15.8 Å². The summed E-state index contributed by atoms with van der Waals surface area (Å²) in [5, 5.41) is 17.0. The number of amides is 1. The summed E-state index contributed by atoms with van der Waals surface area (Å²) in [6, 6.07) is 7.61. The van der Waals surface area contributed by atoms with Gasteiger partial charge < -0.3 is 15.8 Å². The van der Waals surface area contributed by atoms with Gasteiger partial charge in [-0.15, -0.1) is 0 Å². The summed E-state index contributed by atoms with van der Waals surface area (Å²) in [5.74, 6) is -0.0649. The Balaban J connectivity index is 2.11. The van der Waals surface area contributed by atoms with Crippen molar-refractivity contribution in [2.24, 2.45) is 11.1 Å². The van der Waals surface area contributed by atoms with Crippen LogP contribution in [0.5, 0.6) is 5.88 Å². The fraction of sp³-hybridized carbons (Fsp3) is 0.300. The minimum Gasteiger partial charge on any atom is -0.481 e. The average Bonchev–Trinajstić information content (AvgIpc) is 3.12. The fourth-order valence-corrected chi connectivity index (χ4v) is 2.72. The minimum atomic E-state index is -0.648. The molecule has 0 aromatic carbocycles. The number of methoxy groups -OCH3 is 1. The van der Waals surface area contributed by atoms with E-state index < -0.39 is 11.3 Å².